The van der Waals surface area contributed by atoms with Gasteiger partial charge in [0.15, 0.2) is 11.7 Å². The summed E-state index contributed by atoms with van der Waals surface area (Å²) in [5.41, 5.74) is 2.01. The van der Waals surface area contributed by atoms with Crippen molar-refractivity contribution in [2.75, 3.05) is 31.5 Å². The molecule has 0 bridgehead atoms. The Morgan fingerprint density at radius 1 is 0.946 bits per heavy atom. The van der Waals surface area contributed by atoms with Crippen molar-refractivity contribution in [3.8, 4) is 0 Å². The van der Waals surface area contributed by atoms with Gasteiger partial charge in [0.2, 0.25) is 0 Å². The van der Waals surface area contributed by atoms with Crippen LogP contribution in [-0.2, 0) is 0 Å². The molecule has 0 spiro atoms. The van der Waals surface area contributed by atoms with E-state index < -0.39 is 24.2 Å². The highest BCUT2D eigenvalue weighted by Crippen LogP contribution is 2.46. The summed E-state index contributed by atoms with van der Waals surface area (Å²) in [6.07, 6.45) is -4.87. The van der Waals surface area contributed by atoms with Gasteiger partial charge in [0, 0.05) is 38.2 Å². The first-order valence-electron chi connectivity index (χ1n) is 11.9. The van der Waals surface area contributed by atoms with Gasteiger partial charge in [0.05, 0.1) is 6.04 Å². The number of aromatic nitrogens is 2. The Bertz CT molecular complexity index is 1300. The number of nitrogens with one attached hydrogen (secondary N) is 1. The van der Waals surface area contributed by atoms with Crippen molar-refractivity contribution < 1.29 is 22.8 Å². The Morgan fingerprint density at radius 2 is 1.54 bits per heavy atom. The molecule has 1 aromatic heterocycles. The molecule has 2 aliphatic heterocycles. The molecule has 194 valence electrons. The molecule has 11 heteroatoms. The molecule has 0 radical (unpaired) electrons. The summed E-state index contributed by atoms with van der Waals surface area (Å²) in [7, 11) is 0. The van der Waals surface area contributed by atoms with E-state index >= 15 is 0 Å². The number of benzene rings is 2. The van der Waals surface area contributed by atoms with Gasteiger partial charge in [-0.2, -0.15) is 18.3 Å². The van der Waals surface area contributed by atoms with Gasteiger partial charge in [-0.3, -0.25) is 9.59 Å². The van der Waals surface area contributed by atoms with Crippen molar-refractivity contribution in [3.05, 3.63) is 82.0 Å². The lowest BCUT2D eigenvalue weighted by Crippen LogP contribution is -2.50. The molecule has 1 saturated heterocycles. The third-order valence-electron chi connectivity index (χ3n) is 6.85. The van der Waals surface area contributed by atoms with Crippen LogP contribution in [0.1, 0.15) is 50.5 Å². The number of nitrogens with zero attached hydrogens (tertiary/aromatic N) is 4. The van der Waals surface area contributed by atoms with Crippen molar-refractivity contribution in [1.82, 2.24) is 19.6 Å². The van der Waals surface area contributed by atoms with E-state index in [-0.39, 0.29) is 42.0 Å². The van der Waals surface area contributed by atoms with Gasteiger partial charge in [-0.05, 0) is 24.6 Å². The van der Waals surface area contributed by atoms with E-state index in [0.29, 0.717) is 24.2 Å². The molecule has 7 nitrogen and oxygen atoms in total. The summed E-state index contributed by atoms with van der Waals surface area (Å²) in [6, 6.07) is 13.5. The van der Waals surface area contributed by atoms with Gasteiger partial charge in [0.25, 0.3) is 11.8 Å². The van der Waals surface area contributed by atoms with Crippen molar-refractivity contribution in [2.45, 2.75) is 31.6 Å². The highest BCUT2D eigenvalue weighted by molar-refractivity contribution is 6.36. The van der Waals surface area contributed by atoms with E-state index in [1.165, 1.54) is 4.90 Å². The predicted molar refractivity (Wildman–Crippen MR) is 133 cm³/mol. The first-order valence-corrected chi connectivity index (χ1v) is 12.3. The van der Waals surface area contributed by atoms with Crippen LogP contribution in [0.3, 0.4) is 0 Å². The number of anilines is 1. The van der Waals surface area contributed by atoms with E-state index in [1.54, 1.807) is 41.3 Å². The molecule has 2 atom stereocenters. The number of alkyl halides is 3. The summed E-state index contributed by atoms with van der Waals surface area (Å²) >= 11 is 6.48. The van der Waals surface area contributed by atoms with Crippen LogP contribution in [0.15, 0.2) is 54.6 Å². The van der Waals surface area contributed by atoms with Crippen LogP contribution in [0.2, 0.25) is 5.02 Å². The van der Waals surface area contributed by atoms with Gasteiger partial charge >= 0.3 is 6.18 Å². The normalized spacial score (nSPS) is 19.8. The minimum absolute atomic E-state index is 0.0259. The summed E-state index contributed by atoms with van der Waals surface area (Å²) < 4.78 is 43.0. The van der Waals surface area contributed by atoms with E-state index in [0.717, 1.165) is 10.2 Å². The number of hydrogen-bond acceptors (Lipinski definition) is 4. The molecule has 3 heterocycles. The van der Waals surface area contributed by atoms with E-state index in [2.05, 4.69) is 10.4 Å². The Kier molecular flexibility index (Phi) is 6.61. The Labute approximate surface area is 216 Å². The zero-order valence-corrected chi connectivity index (χ0v) is 20.8. The number of aryl methyl sites for hydroxylation is 1. The highest BCUT2D eigenvalue weighted by Gasteiger charge is 2.48. The fraction of sp³-hybridized carbons (Fsp3) is 0.346. The second-order valence-electron chi connectivity index (χ2n) is 9.31. The standard InChI is InChI=1S/C26H25ClF3N5O2/c1-16-7-9-17(10-8-16)19-15-20(26(28,29)30)35-23(31-19)21(27)22(32-35)25(37)34-13-11-33(12-14-34)24(36)18-5-3-2-4-6-18/h2-10,19-20,31H,11-15H2,1H3/t19-,20-/m1/s1. The SMILES string of the molecule is Cc1ccc([C@H]2C[C@H](C(F)(F)F)n3nc(C(=O)N4CCN(C(=O)c5ccccc5)CC4)c(Cl)c3N2)cc1. The molecule has 0 saturated carbocycles. The molecule has 37 heavy (non-hydrogen) atoms. The van der Waals surface area contributed by atoms with Crippen molar-refractivity contribution in [2.24, 2.45) is 0 Å². The molecule has 5 rings (SSSR count). The van der Waals surface area contributed by atoms with E-state index in [1.807, 2.05) is 25.1 Å². The van der Waals surface area contributed by atoms with Crippen LogP contribution in [0.5, 0.6) is 0 Å². The van der Waals surface area contributed by atoms with Gasteiger partial charge in [-0.25, -0.2) is 4.68 Å². The summed E-state index contributed by atoms with van der Waals surface area (Å²) in [6.45, 7) is 2.93. The van der Waals surface area contributed by atoms with Crippen molar-refractivity contribution in [3.63, 3.8) is 0 Å². The van der Waals surface area contributed by atoms with Crippen LogP contribution >= 0.6 is 11.6 Å². The third-order valence-corrected chi connectivity index (χ3v) is 7.21. The molecule has 2 aromatic carbocycles. The average Bonchev–Trinajstić information content (AvgIpc) is 3.24. The second kappa shape index (κ2) is 9.74. The first kappa shape index (κ1) is 25.1. The zero-order valence-electron chi connectivity index (χ0n) is 20.0. The largest absolute Gasteiger partial charge is 0.410 e. The average molecular weight is 532 g/mol. The molecular weight excluding hydrogens is 507 g/mol. The fourth-order valence-electron chi connectivity index (χ4n) is 4.77. The number of fused-ring (bicyclic) bond motifs is 1. The molecule has 0 unspecified atom stereocenters. The summed E-state index contributed by atoms with van der Waals surface area (Å²) in [4.78, 5) is 29.1. The Balaban J connectivity index is 1.36. The number of carbonyl (C=O) groups excluding carboxylic acids is 2. The van der Waals surface area contributed by atoms with Crippen LogP contribution in [-0.4, -0.2) is 63.7 Å². The number of amides is 2. The minimum atomic E-state index is -4.58. The molecular formula is C26H25ClF3N5O2. The Hall–Kier alpha value is -3.53. The van der Waals surface area contributed by atoms with Crippen LogP contribution < -0.4 is 5.32 Å². The first-order chi connectivity index (χ1) is 17.6. The molecule has 2 amide bonds. The van der Waals surface area contributed by atoms with Gasteiger partial charge in [-0.15, -0.1) is 0 Å². The number of carbonyl (C=O) groups is 2. The quantitative estimate of drug-likeness (QED) is 0.510. The molecule has 1 fully saturated rings. The maximum absolute atomic E-state index is 14.1. The lowest BCUT2D eigenvalue weighted by Gasteiger charge is -2.34. The van der Waals surface area contributed by atoms with Gasteiger partial charge in [-0.1, -0.05) is 59.6 Å². The van der Waals surface area contributed by atoms with Crippen LogP contribution in [0.25, 0.3) is 0 Å². The molecule has 3 aromatic rings. The molecule has 2 aliphatic rings. The molecule has 1 N–H and O–H groups in total. The van der Waals surface area contributed by atoms with Gasteiger partial charge < -0.3 is 15.1 Å². The zero-order chi connectivity index (χ0) is 26.3. The van der Waals surface area contributed by atoms with Crippen molar-refractivity contribution in [1.29, 1.82) is 0 Å². The highest BCUT2D eigenvalue weighted by atomic mass is 35.5. The topological polar surface area (TPSA) is 70.5 Å². The summed E-state index contributed by atoms with van der Waals surface area (Å²) in [5.74, 6) is -0.724. The number of halogens is 4. The molecule has 0 aliphatic carbocycles. The monoisotopic (exact) mass is 531 g/mol. The lowest BCUT2D eigenvalue weighted by atomic mass is 9.96. The van der Waals surface area contributed by atoms with E-state index in [9.17, 15) is 22.8 Å². The maximum atomic E-state index is 14.1. The minimum Gasteiger partial charge on any atom is -0.362 e. The number of rotatable bonds is 3. The predicted octanol–water partition coefficient (Wildman–Crippen LogP) is 5.10. The summed E-state index contributed by atoms with van der Waals surface area (Å²) in [5, 5.41) is 6.97. The lowest BCUT2D eigenvalue weighted by molar-refractivity contribution is -0.173. The van der Waals surface area contributed by atoms with Gasteiger partial charge in [0.1, 0.15) is 10.8 Å². The third kappa shape index (κ3) is 4.90. The van der Waals surface area contributed by atoms with Crippen LogP contribution in [0, 0.1) is 6.92 Å². The maximum Gasteiger partial charge on any atom is 0.410 e. The Morgan fingerprint density at radius 3 is 2.14 bits per heavy atom. The number of hydrogen-bond donors (Lipinski definition) is 1. The second-order valence-corrected chi connectivity index (χ2v) is 9.68. The number of piperazine rings is 1. The van der Waals surface area contributed by atoms with Crippen molar-refractivity contribution >= 4 is 29.2 Å². The van der Waals surface area contributed by atoms with Crippen LogP contribution in [0.4, 0.5) is 19.0 Å². The fourth-order valence-corrected chi connectivity index (χ4v) is 5.03. The smallest absolute Gasteiger partial charge is 0.362 e. The van der Waals surface area contributed by atoms with E-state index in [4.69, 9.17) is 11.6 Å².